The number of aromatic nitrogens is 1. The van der Waals surface area contributed by atoms with E-state index in [1.54, 1.807) is 0 Å². The lowest BCUT2D eigenvalue weighted by molar-refractivity contribution is -0.122. The van der Waals surface area contributed by atoms with Gasteiger partial charge >= 0.3 is 0 Å². The molecule has 0 unspecified atom stereocenters. The molecule has 1 aliphatic rings. The van der Waals surface area contributed by atoms with Crippen molar-refractivity contribution in [2.24, 2.45) is 0 Å². The van der Waals surface area contributed by atoms with Crippen LogP contribution in [0.2, 0.25) is 0 Å². The summed E-state index contributed by atoms with van der Waals surface area (Å²) in [5, 5.41) is 4.40. The number of likely N-dealkylation sites (tertiary alicyclic amines) is 1. The Kier molecular flexibility index (Phi) is 5.34. The monoisotopic (exact) mass is 313 g/mol. The summed E-state index contributed by atoms with van der Waals surface area (Å²) in [5.74, 6) is 0.123. The highest BCUT2D eigenvalue weighted by molar-refractivity contribution is 5.83. The molecule has 2 aromatic rings. The number of piperidine rings is 1. The smallest absolute Gasteiger partial charge is 0.240 e. The number of para-hydroxylation sites is 1. The first-order valence-corrected chi connectivity index (χ1v) is 8.82. The lowest BCUT2D eigenvalue weighted by atomic mass is 10.0. The van der Waals surface area contributed by atoms with Crippen molar-refractivity contribution < 1.29 is 4.79 Å². The van der Waals surface area contributed by atoms with Crippen LogP contribution in [0.15, 0.2) is 36.5 Å². The Morgan fingerprint density at radius 3 is 2.78 bits per heavy atom. The predicted molar refractivity (Wildman–Crippen MR) is 94.5 cm³/mol. The Labute approximate surface area is 138 Å². The molecule has 1 saturated heterocycles. The largest absolute Gasteiger partial charge is 0.352 e. The maximum atomic E-state index is 12.3. The van der Waals surface area contributed by atoms with Crippen molar-refractivity contribution in [3.63, 3.8) is 0 Å². The van der Waals surface area contributed by atoms with Crippen LogP contribution in [-0.2, 0) is 11.3 Å². The summed E-state index contributed by atoms with van der Waals surface area (Å²) < 4.78 is 2.03. The average Bonchev–Trinajstić information content (AvgIpc) is 2.97. The Morgan fingerprint density at radius 2 is 2.00 bits per heavy atom. The van der Waals surface area contributed by atoms with Crippen molar-refractivity contribution in [1.82, 2.24) is 14.8 Å². The molecule has 0 spiro atoms. The summed E-state index contributed by atoms with van der Waals surface area (Å²) in [6.45, 7) is 6.06. The molecule has 0 saturated carbocycles. The van der Waals surface area contributed by atoms with Gasteiger partial charge in [0.25, 0.3) is 0 Å². The van der Waals surface area contributed by atoms with Gasteiger partial charge in [-0.15, -0.1) is 0 Å². The molecule has 4 heteroatoms. The molecule has 124 valence electrons. The third-order valence-electron chi connectivity index (χ3n) is 4.77. The van der Waals surface area contributed by atoms with E-state index >= 15 is 0 Å². The first-order chi connectivity index (χ1) is 11.3. The summed E-state index contributed by atoms with van der Waals surface area (Å²) in [4.78, 5) is 14.8. The Morgan fingerprint density at radius 1 is 1.22 bits per heavy atom. The zero-order valence-corrected chi connectivity index (χ0v) is 14.0. The van der Waals surface area contributed by atoms with Gasteiger partial charge in [-0.1, -0.05) is 31.5 Å². The number of nitrogens with zero attached hydrogens (tertiary/aromatic N) is 2. The van der Waals surface area contributed by atoms with Crippen molar-refractivity contribution in [2.75, 3.05) is 19.6 Å². The minimum Gasteiger partial charge on any atom is -0.352 e. The van der Waals surface area contributed by atoms with E-state index in [-0.39, 0.29) is 5.91 Å². The number of amides is 1. The predicted octanol–water partition coefficient (Wildman–Crippen LogP) is 3.02. The van der Waals surface area contributed by atoms with E-state index < -0.39 is 0 Å². The van der Waals surface area contributed by atoms with Crippen molar-refractivity contribution >= 4 is 16.8 Å². The van der Waals surface area contributed by atoms with Crippen LogP contribution in [0.4, 0.5) is 0 Å². The summed E-state index contributed by atoms with van der Waals surface area (Å²) in [7, 11) is 0. The van der Waals surface area contributed by atoms with Crippen LogP contribution >= 0.6 is 0 Å². The summed E-state index contributed by atoms with van der Waals surface area (Å²) in [6, 6.07) is 10.6. The maximum absolute atomic E-state index is 12.3. The van der Waals surface area contributed by atoms with E-state index in [0.29, 0.717) is 12.6 Å². The molecule has 1 aliphatic heterocycles. The first-order valence-electron chi connectivity index (χ1n) is 8.82. The normalized spacial score (nSPS) is 16.7. The molecule has 4 nitrogen and oxygen atoms in total. The van der Waals surface area contributed by atoms with Crippen LogP contribution < -0.4 is 5.32 Å². The lowest BCUT2D eigenvalue weighted by Crippen LogP contribution is -2.45. The van der Waals surface area contributed by atoms with Crippen LogP contribution in [0.25, 0.3) is 10.9 Å². The van der Waals surface area contributed by atoms with Gasteiger partial charge < -0.3 is 14.8 Å². The molecule has 1 aromatic carbocycles. The molecule has 1 fully saturated rings. The van der Waals surface area contributed by atoms with Crippen molar-refractivity contribution in [1.29, 1.82) is 0 Å². The number of fused-ring (bicyclic) bond motifs is 1. The van der Waals surface area contributed by atoms with Crippen LogP contribution in [0.5, 0.6) is 0 Å². The van der Waals surface area contributed by atoms with Crippen LogP contribution in [-0.4, -0.2) is 41.1 Å². The van der Waals surface area contributed by atoms with Gasteiger partial charge in [-0.2, -0.15) is 0 Å². The van der Waals surface area contributed by atoms with Gasteiger partial charge in [0.15, 0.2) is 0 Å². The van der Waals surface area contributed by atoms with Crippen molar-refractivity contribution in [3.8, 4) is 0 Å². The number of hydrogen-bond acceptors (Lipinski definition) is 2. The molecule has 0 atom stereocenters. The van der Waals surface area contributed by atoms with Crippen LogP contribution in [0.3, 0.4) is 0 Å². The van der Waals surface area contributed by atoms with E-state index in [9.17, 15) is 4.79 Å². The summed E-state index contributed by atoms with van der Waals surface area (Å²) in [5.41, 5.74) is 1.12. The molecule has 1 N–H and O–H groups in total. The van der Waals surface area contributed by atoms with E-state index in [1.165, 1.54) is 24.8 Å². The zero-order chi connectivity index (χ0) is 16.1. The average molecular weight is 313 g/mol. The van der Waals surface area contributed by atoms with Gasteiger partial charge in [0.2, 0.25) is 5.91 Å². The molecular weight excluding hydrogens is 286 g/mol. The topological polar surface area (TPSA) is 37.3 Å². The minimum absolute atomic E-state index is 0.123. The highest BCUT2D eigenvalue weighted by atomic mass is 16.2. The van der Waals surface area contributed by atoms with E-state index in [4.69, 9.17) is 0 Å². The second kappa shape index (κ2) is 7.64. The van der Waals surface area contributed by atoms with Gasteiger partial charge in [-0.3, -0.25) is 4.79 Å². The second-order valence-corrected chi connectivity index (χ2v) is 6.54. The Hall–Kier alpha value is -1.81. The molecule has 23 heavy (non-hydrogen) atoms. The molecule has 1 aromatic heterocycles. The van der Waals surface area contributed by atoms with Gasteiger partial charge in [0.1, 0.15) is 6.54 Å². The zero-order valence-electron chi connectivity index (χ0n) is 14.0. The highest BCUT2D eigenvalue weighted by Gasteiger charge is 2.20. The van der Waals surface area contributed by atoms with Gasteiger partial charge in [-0.05, 0) is 43.3 Å². The lowest BCUT2D eigenvalue weighted by Gasteiger charge is -2.32. The van der Waals surface area contributed by atoms with Gasteiger partial charge in [0.05, 0.1) is 0 Å². The van der Waals surface area contributed by atoms with E-state index in [1.807, 2.05) is 22.9 Å². The standard InChI is InChI=1S/C19H27N3O/c1-2-3-11-21-12-9-17(10-13-21)20-19(23)15-22-14-8-16-6-4-5-7-18(16)22/h4-8,14,17H,2-3,9-13,15H2,1H3,(H,20,23). The number of carbonyl (C=O) groups excluding carboxylic acids is 1. The van der Waals surface area contributed by atoms with Crippen LogP contribution in [0, 0.1) is 0 Å². The molecule has 2 heterocycles. The molecule has 3 rings (SSSR count). The first kappa shape index (κ1) is 16.1. The SMILES string of the molecule is CCCCN1CCC(NC(=O)Cn2ccc3ccccc32)CC1. The third-order valence-corrected chi connectivity index (χ3v) is 4.77. The molecule has 0 bridgehead atoms. The number of nitrogens with one attached hydrogen (secondary N) is 1. The fraction of sp³-hybridized carbons (Fsp3) is 0.526. The summed E-state index contributed by atoms with van der Waals surface area (Å²) >= 11 is 0. The van der Waals surface area contributed by atoms with Crippen molar-refractivity contribution in [2.45, 2.75) is 45.2 Å². The number of rotatable bonds is 6. The highest BCUT2D eigenvalue weighted by Crippen LogP contribution is 2.15. The Bertz CT molecular complexity index is 641. The fourth-order valence-corrected chi connectivity index (χ4v) is 3.39. The van der Waals surface area contributed by atoms with Crippen LogP contribution in [0.1, 0.15) is 32.6 Å². The van der Waals surface area contributed by atoms with Crippen molar-refractivity contribution in [3.05, 3.63) is 36.5 Å². The molecule has 1 amide bonds. The number of benzene rings is 1. The molecule has 0 aliphatic carbocycles. The molecular formula is C19H27N3O. The minimum atomic E-state index is 0.123. The van der Waals surface area contributed by atoms with E-state index in [2.05, 4.69) is 35.3 Å². The maximum Gasteiger partial charge on any atom is 0.240 e. The second-order valence-electron chi connectivity index (χ2n) is 6.54. The van der Waals surface area contributed by atoms with Gasteiger partial charge in [0, 0.05) is 30.8 Å². The number of hydrogen-bond donors (Lipinski definition) is 1. The van der Waals surface area contributed by atoms with Gasteiger partial charge in [-0.25, -0.2) is 0 Å². The number of carbonyl (C=O) groups is 1. The Balaban J connectivity index is 1.49. The number of unbranched alkanes of at least 4 members (excludes halogenated alkanes) is 1. The quantitative estimate of drug-likeness (QED) is 0.890. The fourth-order valence-electron chi connectivity index (χ4n) is 3.39. The molecule has 0 radical (unpaired) electrons. The third kappa shape index (κ3) is 4.14. The van der Waals surface area contributed by atoms with E-state index in [0.717, 1.165) is 31.4 Å². The summed E-state index contributed by atoms with van der Waals surface area (Å²) in [6.07, 6.45) is 6.67.